The number of hydrogen-bond donors (Lipinski definition) is 1. The summed E-state index contributed by atoms with van der Waals surface area (Å²) in [5.41, 5.74) is 6.14. The summed E-state index contributed by atoms with van der Waals surface area (Å²) < 4.78 is 18.0. The molecule has 2 aromatic rings. The van der Waals surface area contributed by atoms with Gasteiger partial charge in [-0.3, -0.25) is 0 Å². The highest BCUT2D eigenvalue weighted by atomic mass is 32.2. The number of benzene rings is 1. The van der Waals surface area contributed by atoms with Crippen molar-refractivity contribution in [2.24, 2.45) is 0 Å². The summed E-state index contributed by atoms with van der Waals surface area (Å²) in [7, 11) is 0. The van der Waals surface area contributed by atoms with E-state index in [1.54, 1.807) is 6.07 Å². The van der Waals surface area contributed by atoms with Gasteiger partial charge in [0.15, 0.2) is 5.82 Å². The topological polar surface area (TPSA) is 64.9 Å². The van der Waals surface area contributed by atoms with Crippen molar-refractivity contribution in [1.29, 1.82) is 0 Å². The van der Waals surface area contributed by atoms with E-state index in [1.807, 2.05) is 13.8 Å². The Morgan fingerprint density at radius 1 is 1.44 bits per heavy atom. The van der Waals surface area contributed by atoms with Crippen molar-refractivity contribution in [3.63, 3.8) is 0 Å². The summed E-state index contributed by atoms with van der Waals surface area (Å²) in [6.45, 7) is 3.98. The lowest BCUT2D eigenvalue weighted by molar-refractivity contribution is 0.362. The van der Waals surface area contributed by atoms with E-state index in [-0.39, 0.29) is 11.7 Å². The first-order valence-electron chi connectivity index (χ1n) is 5.56. The molecule has 96 valence electrons. The zero-order valence-electron chi connectivity index (χ0n) is 10.2. The van der Waals surface area contributed by atoms with Crippen molar-refractivity contribution in [3.8, 4) is 0 Å². The highest BCUT2D eigenvalue weighted by molar-refractivity contribution is 7.98. The highest BCUT2D eigenvalue weighted by Crippen LogP contribution is 2.28. The van der Waals surface area contributed by atoms with E-state index in [0.717, 1.165) is 4.90 Å². The van der Waals surface area contributed by atoms with Crippen molar-refractivity contribution in [1.82, 2.24) is 10.1 Å². The summed E-state index contributed by atoms with van der Waals surface area (Å²) in [5.74, 6) is 1.67. The van der Waals surface area contributed by atoms with E-state index in [9.17, 15) is 4.39 Å². The number of nitrogens with two attached hydrogens (primary N) is 1. The average Bonchev–Trinajstić information content (AvgIpc) is 2.76. The first-order chi connectivity index (χ1) is 8.56. The molecule has 0 radical (unpaired) electrons. The number of rotatable bonds is 4. The molecule has 0 saturated heterocycles. The monoisotopic (exact) mass is 267 g/mol. The lowest BCUT2D eigenvalue weighted by atomic mass is 10.2. The molecule has 6 heteroatoms. The fraction of sp³-hybridized carbons (Fsp3) is 0.333. The fourth-order valence-electron chi connectivity index (χ4n) is 1.35. The highest BCUT2D eigenvalue weighted by Gasteiger charge is 2.10. The van der Waals surface area contributed by atoms with Crippen molar-refractivity contribution >= 4 is 17.4 Å². The van der Waals surface area contributed by atoms with Crippen LogP contribution in [0.1, 0.15) is 31.5 Å². The van der Waals surface area contributed by atoms with Crippen LogP contribution in [0.25, 0.3) is 0 Å². The number of halogens is 1. The van der Waals surface area contributed by atoms with Gasteiger partial charge in [0, 0.05) is 16.5 Å². The molecule has 18 heavy (non-hydrogen) atoms. The van der Waals surface area contributed by atoms with Gasteiger partial charge in [0.2, 0.25) is 5.89 Å². The molecular weight excluding hydrogens is 253 g/mol. The number of thioether (sulfide) groups is 1. The van der Waals surface area contributed by atoms with Crippen LogP contribution < -0.4 is 5.73 Å². The van der Waals surface area contributed by atoms with Crippen LogP contribution in [-0.4, -0.2) is 10.1 Å². The van der Waals surface area contributed by atoms with Gasteiger partial charge < -0.3 is 10.3 Å². The lowest BCUT2D eigenvalue weighted by Gasteiger charge is -2.02. The van der Waals surface area contributed by atoms with Gasteiger partial charge >= 0.3 is 0 Å². The zero-order valence-corrected chi connectivity index (χ0v) is 11.0. The Balaban J connectivity index is 2.02. The number of anilines is 1. The summed E-state index contributed by atoms with van der Waals surface area (Å²) in [6.07, 6.45) is 0. The fourth-order valence-corrected chi connectivity index (χ4v) is 2.15. The molecule has 0 aliphatic heterocycles. The predicted molar refractivity (Wildman–Crippen MR) is 68.8 cm³/mol. The van der Waals surface area contributed by atoms with Crippen LogP contribution in [-0.2, 0) is 5.75 Å². The Morgan fingerprint density at radius 3 is 2.83 bits per heavy atom. The zero-order chi connectivity index (χ0) is 13.1. The number of nitrogen functional groups attached to an aromatic ring is 1. The van der Waals surface area contributed by atoms with Crippen molar-refractivity contribution in [2.75, 3.05) is 5.73 Å². The third-order valence-corrected chi connectivity index (χ3v) is 3.39. The van der Waals surface area contributed by atoms with Crippen LogP contribution in [0.3, 0.4) is 0 Å². The quantitative estimate of drug-likeness (QED) is 0.680. The Kier molecular flexibility index (Phi) is 3.86. The van der Waals surface area contributed by atoms with Gasteiger partial charge in [-0.05, 0) is 18.2 Å². The molecule has 1 aromatic carbocycles. The van der Waals surface area contributed by atoms with Crippen LogP contribution in [0, 0.1) is 5.82 Å². The summed E-state index contributed by atoms with van der Waals surface area (Å²) in [5, 5.41) is 3.88. The number of nitrogens with zero attached hydrogens (tertiary/aromatic N) is 2. The van der Waals surface area contributed by atoms with Crippen molar-refractivity contribution < 1.29 is 8.91 Å². The molecule has 0 spiro atoms. The normalized spacial score (nSPS) is 11.1. The second-order valence-electron chi connectivity index (χ2n) is 4.17. The maximum absolute atomic E-state index is 12.9. The SMILES string of the molecule is CC(C)c1nc(CSc2ccc(F)cc2N)no1. The summed E-state index contributed by atoms with van der Waals surface area (Å²) in [6, 6.07) is 4.34. The van der Waals surface area contributed by atoms with Crippen molar-refractivity contribution in [3.05, 3.63) is 35.7 Å². The molecule has 2 N–H and O–H groups in total. The minimum Gasteiger partial charge on any atom is -0.398 e. The molecule has 0 fully saturated rings. The first kappa shape index (κ1) is 12.9. The molecule has 0 unspecified atom stereocenters. The Hall–Kier alpha value is -1.56. The van der Waals surface area contributed by atoms with Gasteiger partial charge in [0.05, 0.1) is 5.75 Å². The maximum Gasteiger partial charge on any atom is 0.229 e. The lowest BCUT2D eigenvalue weighted by Crippen LogP contribution is -1.92. The molecule has 0 aliphatic rings. The van der Waals surface area contributed by atoms with Crippen LogP contribution in [0.2, 0.25) is 0 Å². The van der Waals surface area contributed by atoms with E-state index in [4.69, 9.17) is 10.3 Å². The van der Waals surface area contributed by atoms with E-state index in [1.165, 1.54) is 23.9 Å². The Labute approximate surface area is 109 Å². The second kappa shape index (κ2) is 5.39. The molecule has 1 aromatic heterocycles. The average molecular weight is 267 g/mol. The van der Waals surface area contributed by atoms with Crippen LogP contribution in [0.5, 0.6) is 0 Å². The largest absolute Gasteiger partial charge is 0.398 e. The smallest absolute Gasteiger partial charge is 0.229 e. The van der Waals surface area contributed by atoms with Crippen LogP contribution in [0.4, 0.5) is 10.1 Å². The molecular formula is C12H14FN3OS. The minimum absolute atomic E-state index is 0.215. The van der Waals surface area contributed by atoms with Gasteiger partial charge in [-0.1, -0.05) is 19.0 Å². The molecule has 0 amide bonds. The Bertz CT molecular complexity index is 542. The standard InChI is InChI=1S/C12H14FN3OS/c1-7(2)12-15-11(16-17-12)6-18-10-4-3-8(13)5-9(10)14/h3-5,7H,6,14H2,1-2H3. The molecule has 1 heterocycles. The predicted octanol–water partition coefficient (Wildman–Crippen LogP) is 3.21. The molecule has 0 atom stereocenters. The number of hydrogen-bond acceptors (Lipinski definition) is 5. The molecule has 0 saturated carbocycles. The first-order valence-corrected chi connectivity index (χ1v) is 6.55. The third-order valence-electron chi connectivity index (χ3n) is 2.31. The minimum atomic E-state index is -0.335. The van der Waals surface area contributed by atoms with Crippen LogP contribution in [0.15, 0.2) is 27.6 Å². The molecule has 0 bridgehead atoms. The van der Waals surface area contributed by atoms with E-state index < -0.39 is 0 Å². The second-order valence-corrected chi connectivity index (χ2v) is 5.19. The Morgan fingerprint density at radius 2 is 2.22 bits per heavy atom. The number of aromatic nitrogens is 2. The molecule has 4 nitrogen and oxygen atoms in total. The summed E-state index contributed by atoms with van der Waals surface area (Å²) in [4.78, 5) is 5.07. The van der Waals surface area contributed by atoms with Gasteiger partial charge in [-0.15, -0.1) is 11.8 Å². The van der Waals surface area contributed by atoms with Crippen molar-refractivity contribution in [2.45, 2.75) is 30.4 Å². The third kappa shape index (κ3) is 3.01. The molecule has 0 aliphatic carbocycles. The maximum atomic E-state index is 12.9. The van der Waals surface area contributed by atoms with Crippen LogP contribution >= 0.6 is 11.8 Å². The van der Waals surface area contributed by atoms with Gasteiger partial charge in [-0.25, -0.2) is 4.39 Å². The van der Waals surface area contributed by atoms with Gasteiger partial charge in [0.1, 0.15) is 5.82 Å². The van der Waals surface area contributed by atoms with E-state index in [2.05, 4.69) is 10.1 Å². The summed E-state index contributed by atoms with van der Waals surface area (Å²) >= 11 is 1.46. The van der Waals surface area contributed by atoms with E-state index >= 15 is 0 Å². The van der Waals surface area contributed by atoms with Gasteiger partial charge in [0.25, 0.3) is 0 Å². The molecule has 2 rings (SSSR count). The van der Waals surface area contributed by atoms with E-state index in [0.29, 0.717) is 23.2 Å². The van der Waals surface area contributed by atoms with Gasteiger partial charge in [-0.2, -0.15) is 4.98 Å².